The fourth-order valence-electron chi connectivity index (χ4n) is 3.32. The van der Waals surface area contributed by atoms with Crippen LogP contribution < -0.4 is 10.6 Å². The predicted octanol–water partition coefficient (Wildman–Crippen LogP) is 2.61. The van der Waals surface area contributed by atoms with Gasteiger partial charge in [-0.25, -0.2) is 4.68 Å². The van der Waals surface area contributed by atoms with Crippen molar-refractivity contribution >= 4 is 29.3 Å². The summed E-state index contributed by atoms with van der Waals surface area (Å²) in [5.74, 6) is 0.496. The van der Waals surface area contributed by atoms with Gasteiger partial charge in [-0.15, -0.1) is 17.5 Å². The summed E-state index contributed by atoms with van der Waals surface area (Å²) in [5, 5.41) is 15.5. The van der Waals surface area contributed by atoms with E-state index >= 15 is 0 Å². The highest BCUT2D eigenvalue weighted by atomic mass is 35.5. The van der Waals surface area contributed by atoms with Crippen molar-refractivity contribution in [3.8, 4) is 0 Å². The largest absolute Gasteiger partial charge is 0.459 e. The number of carbonyl (C=O) groups is 1. The second-order valence-corrected chi connectivity index (χ2v) is 6.38. The molecule has 1 aliphatic heterocycles. The molecule has 1 aliphatic rings. The number of piperidine rings is 1. The standard InChI is InChI=1S/C18H21N5O2.ClH/c1-12-17(21-22-23(12)14-6-8-19-9-7-14)18(24)20-11-15-10-13-4-2-3-5-16(13)25-15;/h2-5,10,14,19H,6-9,11H2,1H3,(H,20,24);1H. The van der Waals surface area contributed by atoms with E-state index in [2.05, 4.69) is 20.9 Å². The molecule has 8 heteroatoms. The lowest BCUT2D eigenvalue weighted by Gasteiger charge is -2.23. The van der Waals surface area contributed by atoms with Crippen molar-refractivity contribution in [2.24, 2.45) is 0 Å². The zero-order valence-electron chi connectivity index (χ0n) is 14.6. The third-order valence-corrected chi connectivity index (χ3v) is 4.70. The summed E-state index contributed by atoms with van der Waals surface area (Å²) >= 11 is 0. The lowest BCUT2D eigenvalue weighted by molar-refractivity contribution is 0.0942. The number of hydrogen-bond donors (Lipinski definition) is 2. The summed E-state index contributed by atoms with van der Waals surface area (Å²) in [6, 6.07) is 10.0. The van der Waals surface area contributed by atoms with Crippen LogP contribution in [0.2, 0.25) is 0 Å². The van der Waals surface area contributed by atoms with Crippen LogP contribution in [0, 0.1) is 6.92 Å². The van der Waals surface area contributed by atoms with Crippen molar-refractivity contribution in [2.45, 2.75) is 32.4 Å². The monoisotopic (exact) mass is 375 g/mol. The number of furan rings is 1. The summed E-state index contributed by atoms with van der Waals surface area (Å²) in [4.78, 5) is 12.5. The smallest absolute Gasteiger partial charge is 0.274 e. The lowest BCUT2D eigenvalue weighted by atomic mass is 10.1. The van der Waals surface area contributed by atoms with Gasteiger partial charge in [0, 0.05) is 5.39 Å². The summed E-state index contributed by atoms with van der Waals surface area (Å²) in [7, 11) is 0. The Balaban J connectivity index is 0.00000196. The molecule has 1 amide bonds. The van der Waals surface area contributed by atoms with E-state index in [1.807, 2.05) is 41.9 Å². The molecule has 2 aromatic heterocycles. The van der Waals surface area contributed by atoms with Crippen molar-refractivity contribution < 1.29 is 9.21 Å². The fourth-order valence-corrected chi connectivity index (χ4v) is 3.32. The van der Waals surface area contributed by atoms with E-state index in [1.165, 1.54) is 0 Å². The quantitative estimate of drug-likeness (QED) is 0.732. The van der Waals surface area contributed by atoms with E-state index in [-0.39, 0.29) is 18.3 Å². The molecule has 2 N–H and O–H groups in total. The number of rotatable bonds is 4. The van der Waals surface area contributed by atoms with Crippen molar-refractivity contribution in [3.05, 3.63) is 47.5 Å². The maximum atomic E-state index is 12.5. The number of para-hydroxylation sites is 1. The molecule has 7 nitrogen and oxygen atoms in total. The number of amides is 1. The summed E-state index contributed by atoms with van der Waals surface area (Å²) in [6.45, 7) is 4.17. The molecule has 26 heavy (non-hydrogen) atoms. The van der Waals surface area contributed by atoms with Gasteiger partial charge >= 0.3 is 0 Å². The van der Waals surface area contributed by atoms with Gasteiger partial charge in [-0.2, -0.15) is 0 Å². The van der Waals surface area contributed by atoms with Crippen LogP contribution in [-0.4, -0.2) is 34.0 Å². The molecule has 1 fully saturated rings. The van der Waals surface area contributed by atoms with Crippen LogP contribution in [0.3, 0.4) is 0 Å². The molecule has 138 valence electrons. The Labute approximate surface area is 157 Å². The van der Waals surface area contributed by atoms with Crippen LogP contribution in [0.15, 0.2) is 34.7 Å². The Bertz CT molecular complexity index is 865. The number of fused-ring (bicyclic) bond motifs is 1. The van der Waals surface area contributed by atoms with Crippen molar-refractivity contribution in [1.82, 2.24) is 25.6 Å². The van der Waals surface area contributed by atoms with Gasteiger partial charge in [0.1, 0.15) is 11.3 Å². The zero-order valence-corrected chi connectivity index (χ0v) is 15.4. The highest BCUT2D eigenvalue weighted by molar-refractivity contribution is 5.93. The number of halogens is 1. The highest BCUT2D eigenvalue weighted by Crippen LogP contribution is 2.21. The second kappa shape index (κ2) is 7.88. The van der Waals surface area contributed by atoms with E-state index in [4.69, 9.17) is 4.42 Å². The summed E-state index contributed by atoms with van der Waals surface area (Å²) in [5.41, 5.74) is 2.02. The van der Waals surface area contributed by atoms with Gasteiger partial charge in [-0.05, 0) is 45.0 Å². The van der Waals surface area contributed by atoms with E-state index < -0.39 is 0 Å². The van der Waals surface area contributed by atoms with Crippen LogP contribution in [0.5, 0.6) is 0 Å². The molecule has 0 atom stereocenters. The Hall–Kier alpha value is -2.38. The van der Waals surface area contributed by atoms with Crippen molar-refractivity contribution in [1.29, 1.82) is 0 Å². The van der Waals surface area contributed by atoms with Gasteiger partial charge in [-0.1, -0.05) is 23.4 Å². The molecule has 0 radical (unpaired) electrons. The lowest BCUT2D eigenvalue weighted by Crippen LogP contribution is -2.30. The van der Waals surface area contributed by atoms with E-state index in [9.17, 15) is 4.79 Å². The SMILES string of the molecule is Cc1c(C(=O)NCc2cc3ccccc3o2)nnn1C1CCNCC1.Cl. The first-order chi connectivity index (χ1) is 12.2. The van der Waals surface area contributed by atoms with Gasteiger partial charge in [0.2, 0.25) is 0 Å². The van der Waals surface area contributed by atoms with Gasteiger partial charge in [-0.3, -0.25) is 4.79 Å². The molecule has 0 aliphatic carbocycles. The molecule has 0 unspecified atom stereocenters. The average Bonchev–Trinajstić information content (AvgIpc) is 3.23. The van der Waals surface area contributed by atoms with E-state index in [0.29, 0.717) is 18.3 Å². The number of benzene rings is 1. The van der Waals surface area contributed by atoms with Crippen LogP contribution in [0.1, 0.15) is 40.8 Å². The molecule has 3 heterocycles. The number of nitrogens with zero attached hydrogens (tertiary/aromatic N) is 3. The van der Waals surface area contributed by atoms with Crippen molar-refractivity contribution in [2.75, 3.05) is 13.1 Å². The molecule has 0 saturated carbocycles. The number of hydrogen-bond acceptors (Lipinski definition) is 5. The zero-order chi connectivity index (χ0) is 17.2. The Morgan fingerprint density at radius 2 is 2.12 bits per heavy atom. The molecular formula is C18H22ClN5O2. The Morgan fingerprint density at radius 3 is 2.88 bits per heavy atom. The minimum Gasteiger partial charge on any atom is -0.459 e. The summed E-state index contributed by atoms with van der Waals surface area (Å²) < 4.78 is 7.61. The second-order valence-electron chi connectivity index (χ2n) is 6.38. The van der Waals surface area contributed by atoms with Gasteiger partial charge in [0.25, 0.3) is 5.91 Å². The van der Waals surface area contributed by atoms with Gasteiger partial charge < -0.3 is 15.1 Å². The third kappa shape index (κ3) is 3.59. The predicted molar refractivity (Wildman–Crippen MR) is 101 cm³/mol. The molecule has 1 saturated heterocycles. The third-order valence-electron chi connectivity index (χ3n) is 4.70. The Kier molecular flexibility index (Phi) is 5.58. The molecular weight excluding hydrogens is 354 g/mol. The number of aromatic nitrogens is 3. The molecule has 1 aromatic carbocycles. The normalized spacial score (nSPS) is 15.0. The van der Waals surface area contributed by atoms with Crippen LogP contribution in [0.4, 0.5) is 0 Å². The minimum absolute atomic E-state index is 0. The minimum atomic E-state index is -0.224. The maximum absolute atomic E-state index is 12.5. The fraction of sp³-hybridized carbons (Fsp3) is 0.389. The highest BCUT2D eigenvalue weighted by Gasteiger charge is 2.22. The molecule has 0 bridgehead atoms. The van der Waals surface area contributed by atoms with Gasteiger partial charge in [0.15, 0.2) is 5.69 Å². The van der Waals surface area contributed by atoms with Crippen molar-refractivity contribution in [3.63, 3.8) is 0 Å². The molecule has 4 rings (SSSR count). The molecule has 3 aromatic rings. The first kappa shape index (κ1) is 18.4. The first-order valence-electron chi connectivity index (χ1n) is 8.60. The summed E-state index contributed by atoms with van der Waals surface area (Å²) in [6.07, 6.45) is 2.01. The first-order valence-corrected chi connectivity index (χ1v) is 8.60. The van der Waals surface area contributed by atoms with Crippen LogP contribution in [0.25, 0.3) is 11.0 Å². The maximum Gasteiger partial charge on any atom is 0.274 e. The topological polar surface area (TPSA) is 85.0 Å². The number of nitrogens with one attached hydrogen (secondary N) is 2. The average molecular weight is 376 g/mol. The van der Waals surface area contributed by atoms with Gasteiger partial charge in [0.05, 0.1) is 18.3 Å². The molecule has 0 spiro atoms. The number of carbonyl (C=O) groups excluding carboxylic acids is 1. The van der Waals surface area contributed by atoms with Crippen LogP contribution >= 0.6 is 12.4 Å². The Morgan fingerprint density at radius 1 is 1.35 bits per heavy atom. The van der Waals surface area contributed by atoms with E-state index in [0.717, 1.165) is 48.4 Å². The van der Waals surface area contributed by atoms with Crippen LogP contribution in [-0.2, 0) is 6.54 Å². The van der Waals surface area contributed by atoms with E-state index in [1.54, 1.807) is 0 Å².